The van der Waals surface area contributed by atoms with Gasteiger partial charge in [-0.05, 0) is 42.3 Å². The van der Waals surface area contributed by atoms with E-state index < -0.39 is 0 Å². The SMILES string of the molecule is COc1cc(Nc2nc3ccccc3nc2NSc2cccc(NC(=O)CN3CCN(C(C)=O)CC3)c2)cc(OC)c1. The monoisotopic (exact) mass is 587 g/mol. The predicted octanol–water partition coefficient (Wildman–Crippen LogP) is 4.61. The first-order valence-electron chi connectivity index (χ1n) is 13.5. The van der Waals surface area contributed by atoms with Gasteiger partial charge in [-0.2, -0.15) is 0 Å². The lowest BCUT2D eigenvalue weighted by atomic mass is 10.2. The van der Waals surface area contributed by atoms with Gasteiger partial charge in [0.2, 0.25) is 11.8 Å². The van der Waals surface area contributed by atoms with Crippen LogP contribution in [0.1, 0.15) is 6.92 Å². The minimum Gasteiger partial charge on any atom is -0.497 e. The number of nitrogens with zero attached hydrogens (tertiary/aromatic N) is 4. The first-order valence-corrected chi connectivity index (χ1v) is 14.3. The first kappa shape index (κ1) is 29.0. The van der Waals surface area contributed by atoms with Crippen molar-refractivity contribution in [1.82, 2.24) is 19.8 Å². The van der Waals surface area contributed by atoms with Crippen molar-refractivity contribution >= 4 is 57.8 Å². The quantitative estimate of drug-likeness (QED) is 0.227. The van der Waals surface area contributed by atoms with Crippen molar-refractivity contribution in [3.63, 3.8) is 0 Å². The highest BCUT2D eigenvalue weighted by molar-refractivity contribution is 8.00. The number of piperazine rings is 1. The van der Waals surface area contributed by atoms with Crippen molar-refractivity contribution in [3.05, 3.63) is 66.7 Å². The lowest BCUT2D eigenvalue weighted by Crippen LogP contribution is -2.49. The molecule has 12 heteroatoms. The second-order valence-electron chi connectivity index (χ2n) is 9.70. The van der Waals surface area contributed by atoms with Crippen LogP contribution in [0.4, 0.5) is 23.0 Å². The van der Waals surface area contributed by atoms with Crippen molar-refractivity contribution in [1.29, 1.82) is 0 Å². The van der Waals surface area contributed by atoms with Crippen molar-refractivity contribution in [2.75, 3.05) is 62.3 Å². The van der Waals surface area contributed by atoms with E-state index in [1.165, 1.54) is 11.9 Å². The molecule has 0 atom stereocenters. The largest absolute Gasteiger partial charge is 0.497 e. The van der Waals surface area contributed by atoms with E-state index in [4.69, 9.17) is 19.4 Å². The van der Waals surface area contributed by atoms with Crippen LogP contribution in [0.15, 0.2) is 71.6 Å². The Bertz CT molecular complexity index is 1550. The molecule has 5 rings (SSSR count). The van der Waals surface area contributed by atoms with Gasteiger partial charge < -0.3 is 29.7 Å². The number of carbonyl (C=O) groups excluding carboxylic acids is 2. The van der Waals surface area contributed by atoms with Crippen LogP contribution in [0.3, 0.4) is 0 Å². The maximum atomic E-state index is 12.7. The normalized spacial score (nSPS) is 13.5. The summed E-state index contributed by atoms with van der Waals surface area (Å²) in [6, 6.07) is 20.8. The Morgan fingerprint density at radius 3 is 2.14 bits per heavy atom. The van der Waals surface area contributed by atoms with Gasteiger partial charge in [0, 0.05) is 67.6 Å². The fourth-order valence-corrected chi connectivity index (χ4v) is 5.23. The molecule has 0 unspecified atom stereocenters. The van der Waals surface area contributed by atoms with Crippen LogP contribution in [0.2, 0.25) is 0 Å². The maximum absolute atomic E-state index is 12.7. The van der Waals surface area contributed by atoms with E-state index in [0.717, 1.165) is 21.6 Å². The Morgan fingerprint density at radius 1 is 0.833 bits per heavy atom. The predicted molar refractivity (Wildman–Crippen MR) is 166 cm³/mol. The molecule has 1 aromatic heterocycles. The van der Waals surface area contributed by atoms with E-state index in [2.05, 4.69) is 20.3 Å². The van der Waals surface area contributed by atoms with Crippen LogP contribution in [0, 0.1) is 0 Å². The standard InChI is InChI=1S/C30H33N7O4S/c1-20(38)37-13-11-36(12-14-37)19-28(39)31-21-7-6-8-25(17-21)42-35-30-29(33-26-9-4-5-10-27(26)34-30)32-22-15-23(40-2)18-24(16-22)41-3/h4-10,15-18H,11-14,19H2,1-3H3,(H,31,39)(H,32,33)(H,34,35). The summed E-state index contributed by atoms with van der Waals surface area (Å²) in [6.07, 6.45) is 0. The molecule has 11 nitrogen and oxygen atoms in total. The second-order valence-corrected chi connectivity index (χ2v) is 10.6. The van der Waals surface area contributed by atoms with Gasteiger partial charge in [0.15, 0.2) is 11.6 Å². The van der Waals surface area contributed by atoms with Gasteiger partial charge in [-0.25, -0.2) is 9.97 Å². The van der Waals surface area contributed by atoms with Gasteiger partial charge in [-0.3, -0.25) is 14.5 Å². The molecule has 218 valence electrons. The molecule has 0 bridgehead atoms. The zero-order valence-electron chi connectivity index (χ0n) is 23.7. The smallest absolute Gasteiger partial charge is 0.238 e. The van der Waals surface area contributed by atoms with Gasteiger partial charge in [-0.15, -0.1) is 0 Å². The highest BCUT2D eigenvalue weighted by Gasteiger charge is 2.20. The van der Waals surface area contributed by atoms with Crippen LogP contribution in [-0.2, 0) is 9.59 Å². The molecule has 3 aromatic carbocycles. The number of ether oxygens (including phenoxy) is 2. The Hall–Kier alpha value is -4.55. The highest BCUT2D eigenvalue weighted by Crippen LogP contribution is 2.32. The number of anilines is 4. The third-order valence-electron chi connectivity index (χ3n) is 6.75. The summed E-state index contributed by atoms with van der Waals surface area (Å²) in [6.45, 7) is 4.49. The van der Waals surface area contributed by atoms with Crippen molar-refractivity contribution in [2.24, 2.45) is 0 Å². The number of rotatable bonds is 10. The molecular formula is C30H33N7O4S. The molecule has 1 aliphatic heterocycles. The minimum absolute atomic E-state index is 0.0696. The number of fused-ring (bicyclic) bond motifs is 1. The first-order chi connectivity index (χ1) is 20.4. The molecule has 0 radical (unpaired) electrons. The van der Waals surface area contributed by atoms with Gasteiger partial charge >= 0.3 is 0 Å². The Kier molecular flexibility index (Phi) is 9.25. The lowest BCUT2D eigenvalue weighted by Gasteiger charge is -2.33. The summed E-state index contributed by atoms with van der Waals surface area (Å²) in [7, 11) is 3.20. The number of hydrogen-bond donors (Lipinski definition) is 3. The van der Waals surface area contributed by atoms with Crippen LogP contribution in [0.5, 0.6) is 11.5 Å². The third kappa shape index (κ3) is 7.39. The Balaban J connectivity index is 1.27. The molecule has 1 saturated heterocycles. The number of nitrogens with one attached hydrogen (secondary N) is 3. The highest BCUT2D eigenvalue weighted by atomic mass is 32.2. The topological polar surface area (TPSA) is 121 Å². The van der Waals surface area contributed by atoms with Crippen LogP contribution < -0.4 is 24.8 Å². The lowest BCUT2D eigenvalue weighted by molar-refractivity contribution is -0.130. The van der Waals surface area contributed by atoms with E-state index in [-0.39, 0.29) is 18.4 Å². The molecule has 0 spiro atoms. The van der Waals surface area contributed by atoms with Crippen LogP contribution >= 0.6 is 11.9 Å². The molecular weight excluding hydrogens is 554 g/mol. The molecule has 42 heavy (non-hydrogen) atoms. The minimum atomic E-state index is -0.0954. The van der Waals surface area contributed by atoms with E-state index >= 15 is 0 Å². The number of methoxy groups -OCH3 is 2. The van der Waals surface area contributed by atoms with Gasteiger partial charge in [-0.1, -0.05) is 18.2 Å². The van der Waals surface area contributed by atoms with Crippen molar-refractivity contribution in [3.8, 4) is 11.5 Å². The fourth-order valence-electron chi connectivity index (χ4n) is 4.54. The average Bonchev–Trinajstić information content (AvgIpc) is 3.00. The summed E-state index contributed by atoms with van der Waals surface area (Å²) in [5.74, 6) is 2.34. The molecule has 3 N–H and O–H groups in total. The number of amides is 2. The van der Waals surface area contributed by atoms with E-state index in [1.807, 2.05) is 60.7 Å². The van der Waals surface area contributed by atoms with Crippen LogP contribution in [0.25, 0.3) is 11.0 Å². The van der Waals surface area contributed by atoms with Gasteiger partial charge in [0.1, 0.15) is 11.5 Å². The van der Waals surface area contributed by atoms with Crippen LogP contribution in [-0.4, -0.2) is 78.5 Å². The zero-order chi connectivity index (χ0) is 29.5. The Morgan fingerprint density at radius 2 is 1.50 bits per heavy atom. The number of hydrogen-bond acceptors (Lipinski definition) is 10. The molecule has 4 aromatic rings. The second kappa shape index (κ2) is 13.4. The average molecular weight is 588 g/mol. The fraction of sp³-hybridized carbons (Fsp3) is 0.267. The zero-order valence-corrected chi connectivity index (χ0v) is 24.5. The summed E-state index contributed by atoms with van der Waals surface area (Å²) >= 11 is 1.36. The Labute approximate surface area is 248 Å². The van der Waals surface area contributed by atoms with E-state index in [9.17, 15) is 9.59 Å². The maximum Gasteiger partial charge on any atom is 0.238 e. The summed E-state index contributed by atoms with van der Waals surface area (Å²) in [5.41, 5.74) is 2.93. The molecule has 2 amide bonds. The number of aromatic nitrogens is 2. The van der Waals surface area contributed by atoms with Gasteiger partial charge in [0.05, 0.1) is 31.8 Å². The summed E-state index contributed by atoms with van der Waals surface area (Å²) < 4.78 is 14.1. The van der Waals surface area contributed by atoms with Gasteiger partial charge in [0.25, 0.3) is 0 Å². The molecule has 0 aliphatic carbocycles. The van der Waals surface area contributed by atoms with Crippen molar-refractivity contribution < 1.29 is 19.1 Å². The summed E-state index contributed by atoms with van der Waals surface area (Å²) in [4.78, 5) is 38.6. The molecule has 2 heterocycles. The number of para-hydroxylation sites is 2. The summed E-state index contributed by atoms with van der Waals surface area (Å²) in [5, 5.41) is 6.33. The molecule has 1 fully saturated rings. The van der Waals surface area contributed by atoms with E-state index in [1.54, 1.807) is 32.1 Å². The van der Waals surface area contributed by atoms with Crippen molar-refractivity contribution in [2.45, 2.75) is 11.8 Å². The number of carbonyl (C=O) groups is 2. The number of benzene rings is 3. The third-order valence-corrected chi connectivity index (χ3v) is 7.54. The molecule has 0 saturated carbocycles. The molecule has 1 aliphatic rings. The van der Waals surface area contributed by atoms with E-state index in [0.29, 0.717) is 55.0 Å².